The molecule has 0 radical (unpaired) electrons. The van der Waals surface area contributed by atoms with Crippen LogP contribution in [-0.4, -0.2) is 6.54 Å². The third kappa shape index (κ3) is 2.67. The lowest BCUT2D eigenvalue weighted by atomic mass is 10.3. The summed E-state index contributed by atoms with van der Waals surface area (Å²) in [7, 11) is 0. The fraction of sp³-hybridized carbons (Fsp3) is 0.222. The highest BCUT2D eigenvalue weighted by molar-refractivity contribution is 9.10. The largest absolute Gasteiger partial charge is 0.382 e. The van der Waals surface area contributed by atoms with E-state index in [-0.39, 0.29) is 16.6 Å². The number of nitrogens with zero attached hydrogens (tertiary/aromatic N) is 1. The van der Waals surface area contributed by atoms with Gasteiger partial charge in [-0.05, 0) is 22.0 Å². The Morgan fingerprint density at radius 2 is 2.07 bits per heavy atom. The average molecular weight is 261 g/mol. The predicted octanol–water partition coefficient (Wildman–Crippen LogP) is 3.05. The first-order valence-corrected chi connectivity index (χ1v) is 4.70. The molecule has 1 rings (SSSR count). The Kier molecular flexibility index (Phi) is 3.84. The zero-order valence-corrected chi connectivity index (χ0v) is 8.74. The fourth-order valence-electron chi connectivity index (χ4n) is 0.911. The smallest absolute Gasteiger partial charge is 0.147 e. The molecule has 74 valence electrons. The highest BCUT2D eigenvalue weighted by Crippen LogP contribution is 2.23. The van der Waals surface area contributed by atoms with E-state index in [1.807, 2.05) is 6.07 Å². The predicted molar refractivity (Wildman–Crippen MR) is 52.8 cm³/mol. The topological polar surface area (TPSA) is 35.8 Å². The van der Waals surface area contributed by atoms with Crippen LogP contribution in [0.5, 0.6) is 0 Å². The van der Waals surface area contributed by atoms with Crippen LogP contribution in [0.25, 0.3) is 0 Å². The van der Waals surface area contributed by atoms with Crippen molar-refractivity contribution in [1.29, 1.82) is 5.26 Å². The van der Waals surface area contributed by atoms with E-state index in [1.165, 1.54) is 0 Å². The van der Waals surface area contributed by atoms with E-state index >= 15 is 0 Å². The van der Waals surface area contributed by atoms with E-state index in [2.05, 4.69) is 21.2 Å². The second-order valence-electron chi connectivity index (χ2n) is 2.58. The van der Waals surface area contributed by atoms with Crippen molar-refractivity contribution in [2.45, 2.75) is 6.42 Å². The van der Waals surface area contributed by atoms with Crippen LogP contribution in [0.4, 0.5) is 14.5 Å². The van der Waals surface area contributed by atoms with Crippen molar-refractivity contribution in [2.24, 2.45) is 0 Å². The summed E-state index contributed by atoms with van der Waals surface area (Å²) in [4.78, 5) is 0. The Morgan fingerprint density at radius 3 is 2.71 bits per heavy atom. The third-order valence-corrected chi connectivity index (χ3v) is 2.17. The molecule has 0 aromatic heterocycles. The van der Waals surface area contributed by atoms with Gasteiger partial charge in [-0.2, -0.15) is 5.26 Å². The quantitative estimate of drug-likeness (QED) is 0.670. The molecule has 0 saturated heterocycles. The summed E-state index contributed by atoms with van der Waals surface area (Å²) in [5.74, 6) is -1.08. The van der Waals surface area contributed by atoms with Crippen LogP contribution in [0.1, 0.15) is 6.42 Å². The number of hydrogen-bond acceptors (Lipinski definition) is 2. The van der Waals surface area contributed by atoms with Crippen molar-refractivity contribution in [1.82, 2.24) is 0 Å². The number of benzene rings is 1. The standard InChI is InChI=1S/C9H7BrF2N2/c10-6-4-8(12)9(5-7(6)11)14-3-1-2-13/h4-5,14H,1,3H2. The Hall–Kier alpha value is -1.15. The summed E-state index contributed by atoms with van der Waals surface area (Å²) in [6, 6.07) is 3.99. The fourth-order valence-corrected chi connectivity index (χ4v) is 1.23. The molecule has 0 unspecified atom stereocenters. The summed E-state index contributed by atoms with van der Waals surface area (Å²) in [6.45, 7) is 0.300. The van der Waals surface area contributed by atoms with Gasteiger partial charge >= 0.3 is 0 Å². The maximum atomic E-state index is 13.1. The summed E-state index contributed by atoms with van der Waals surface area (Å²) in [5, 5.41) is 10.9. The van der Waals surface area contributed by atoms with Crippen molar-refractivity contribution < 1.29 is 8.78 Å². The first kappa shape index (κ1) is 10.9. The Labute approximate surface area is 88.7 Å². The molecule has 0 aliphatic rings. The number of hydrogen-bond donors (Lipinski definition) is 1. The summed E-state index contributed by atoms with van der Waals surface area (Å²) >= 11 is 2.87. The number of nitrogens with one attached hydrogen (secondary N) is 1. The number of nitriles is 1. The highest BCUT2D eigenvalue weighted by atomic mass is 79.9. The maximum Gasteiger partial charge on any atom is 0.147 e. The van der Waals surface area contributed by atoms with Crippen LogP contribution in [0.3, 0.4) is 0 Å². The van der Waals surface area contributed by atoms with Crippen LogP contribution in [0.15, 0.2) is 16.6 Å². The van der Waals surface area contributed by atoms with Crippen LogP contribution in [0, 0.1) is 23.0 Å². The van der Waals surface area contributed by atoms with Gasteiger partial charge in [0.15, 0.2) is 0 Å². The van der Waals surface area contributed by atoms with Gasteiger partial charge in [-0.15, -0.1) is 0 Å². The van der Waals surface area contributed by atoms with E-state index in [4.69, 9.17) is 5.26 Å². The normalized spacial score (nSPS) is 9.57. The van der Waals surface area contributed by atoms with Gasteiger partial charge in [-0.1, -0.05) is 0 Å². The summed E-state index contributed by atoms with van der Waals surface area (Å²) in [6.07, 6.45) is 0.247. The SMILES string of the molecule is N#CCCNc1cc(F)c(Br)cc1F. The van der Waals surface area contributed by atoms with Gasteiger partial charge in [-0.3, -0.25) is 0 Å². The van der Waals surface area contributed by atoms with Crippen molar-refractivity contribution in [3.05, 3.63) is 28.2 Å². The Balaban J connectivity index is 2.78. The lowest BCUT2D eigenvalue weighted by Gasteiger charge is -2.06. The summed E-state index contributed by atoms with van der Waals surface area (Å²) < 4.78 is 26.1. The van der Waals surface area contributed by atoms with Crippen molar-refractivity contribution >= 4 is 21.6 Å². The van der Waals surface area contributed by atoms with Crippen molar-refractivity contribution in [2.75, 3.05) is 11.9 Å². The zero-order chi connectivity index (χ0) is 10.6. The molecule has 0 aliphatic carbocycles. The van der Waals surface area contributed by atoms with E-state index in [0.29, 0.717) is 6.54 Å². The lowest BCUT2D eigenvalue weighted by Crippen LogP contribution is -2.03. The second-order valence-corrected chi connectivity index (χ2v) is 3.44. The molecule has 1 N–H and O–H groups in total. The van der Waals surface area contributed by atoms with Crippen LogP contribution >= 0.6 is 15.9 Å². The van der Waals surface area contributed by atoms with Crippen molar-refractivity contribution in [3.63, 3.8) is 0 Å². The zero-order valence-electron chi connectivity index (χ0n) is 7.15. The molecule has 0 atom stereocenters. The second kappa shape index (κ2) is 4.91. The molecule has 5 heteroatoms. The maximum absolute atomic E-state index is 13.1. The molecule has 0 aliphatic heterocycles. The minimum absolute atomic E-state index is 0.0703. The van der Waals surface area contributed by atoms with Gasteiger partial charge in [0.25, 0.3) is 0 Å². The monoisotopic (exact) mass is 260 g/mol. The molecule has 2 nitrogen and oxygen atoms in total. The Morgan fingerprint density at radius 1 is 1.36 bits per heavy atom. The van der Waals surface area contributed by atoms with Crippen molar-refractivity contribution in [3.8, 4) is 6.07 Å². The first-order valence-electron chi connectivity index (χ1n) is 3.90. The minimum Gasteiger partial charge on any atom is -0.382 e. The molecule has 0 amide bonds. The molecule has 0 bridgehead atoms. The molecular formula is C9H7BrF2N2. The Bertz CT molecular complexity index is 374. The number of anilines is 1. The minimum atomic E-state index is -0.545. The van der Waals surface area contributed by atoms with E-state index in [0.717, 1.165) is 12.1 Å². The molecule has 1 aromatic carbocycles. The van der Waals surface area contributed by atoms with Gasteiger partial charge in [0.1, 0.15) is 11.6 Å². The van der Waals surface area contributed by atoms with Gasteiger partial charge < -0.3 is 5.32 Å². The van der Waals surface area contributed by atoms with Gasteiger partial charge in [0, 0.05) is 12.6 Å². The molecule has 0 saturated carbocycles. The molecule has 14 heavy (non-hydrogen) atoms. The lowest BCUT2D eigenvalue weighted by molar-refractivity contribution is 0.596. The van der Waals surface area contributed by atoms with Gasteiger partial charge in [0.05, 0.1) is 22.7 Å². The van der Waals surface area contributed by atoms with E-state index < -0.39 is 11.6 Å². The summed E-state index contributed by atoms with van der Waals surface area (Å²) in [5.41, 5.74) is 0.0703. The van der Waals surface area contributed by atoms with E-state index in [9.17, 15) is 8.78 Å². The third-order valence-electron chi connectivity index (χ3n) is 1.56. The van der Waals surface area contributed by atoms with Crippen LogP contribution < -0.4 is 5.32 Å². The van der Waals surface area contributed by atoms with Crippen LogP contribution in [0.2, 0.25) is 0 Å². The van der Waals surface area contributed by atoms with E-state index in [1.54, 1.807) is 0 Å². The number of rotatable bonds is 3. The highest BCUT2D eigenvalue weighted by Gasteiger charge is 2.07. The van der Waals surface area contributed by atoms with Crippen LogP contribution in [-0.2, 0) is 0 Å². The number of halogens is 3. The molecule has 1 aromatic rings. The molecule has 0 heterocycles. The van der Waals surface area contributed by atoms with Gasteiger partial charge in [0.2, 0.25) is 0 Å². The van der Waals surface area contributed by atoms with Gasteiger partial charge in [-0.25, -0.2) is 8.78 Å². The average Bonchev–Trinajstić information content (AvgIpc) is 2.14. The molecule has 0 fully saturated rings. The molecular weight excluding hydrogens is 254 g/mol. The first-order chi connectivity index (χ1) is 6.65. The molecule has 0 spiro atoms.